The number of nitrogens with one attached hydrogen (secondary N) is 1. The number of hydrogen-bond donors (Lipinski definition) is 2. The summed E-state index contributed by atoms with van der Waals surface area (Å²) in [4.78, 5) is 19.2. The van der Waals surface area contributed by atoms with Crippen LogP contribution >= 0.6 is 23.2 Å². The molecular weight excluding hydrogens is 585 g/mol. The molecule has 2 spiro atoms. The van der Waals surface area contributed by atoms with Crippen molar-refractivity contribution < 1.29 is 9.53 Å². The molecular formula is C32H41Cl2N7O2. The smallest absolute Gasteiger partial charge is 0.245 e. The lowest BCUT2D eigenvalue weighted by atomic mass is 9.60. The highest BCUT2D eigenvalue weighted by Crippen LogP contribution is 2.56. The van der Waals surface area contributed by atoms with Crippen LogP contribution in [-0.2, 0) is 9.53 Å². The van der Waals surface area contributed by atoms with E-state index < -0.39 is 0 Å². The van der Waals surface area contributed by atoms with Crippen molar-refractivity contribution in [1.82, 2.24) is 19.6 Å². The minimum Gasteiger partial charge on any atom is -0.398 e. The van der Waals surface area contributed by atoms with Crippen LogP contribution in [0.1, 0.15) is 62.2 Å². The van der Waals surface area contributed by atoms with E-state index in [2.05, 4.69) is 28.0 Å². The summed E-state index contributed by atoms with van der Waals surface area (Å²) in [7, 11) is 0. The number of ether oxygens (including phenoxy) is 1. The van der Waals surface area contributed by atoms with Crippen molar-refractivity contribution in [2.45, 2.75) is 69.5 Å². The van der Waals surface area contributed by atoms with Gasteiger partial charge >= 0.3 is 0 Å². The number of nitrogens with zero attached hydrogens (tertiary/aromatic N) is 5. The molecule has 3 aliphatic heterocycles. The van der Waals surface area contributed by atoms with Gasteiger partial charge in [-0.2, -0.15) is 5.10 Å². The molecule has 0 unspecified atom stereocenters. The quantitative estimate of drug-likeness (QED) is 0.256. The monoisotopic (exact) mass is 625 g/mol. The second-order valence-corrected chi connectivity index (χ2v) is 14.2. The van der Waals surface area contributed by atoms with E-state index in [9.17, 15) is 4.79 Å². The molecule has 2 aromatic rings. The van der Waals surface area contributed by atoms with Crippen molar-refractivity contribution in [3.8, 4) is 11.1 Å². The molecule has 7 rings (SSSR count). The maximum absolute atomic E-state index is 12.1. The van der Waals surface area contributed by atoms with E-state index in [1.165, 1.54) is 18.7 Å². The fourth-order valence-corrected chi connectivity index (χ4v) is 9.00. The summed E-state index contributed by atoms with van der Waals surface area (Å²) in [6, 6.07) is 2.43. The second-order valence-electron chi connectivity index (χ2n) is 13.4. The number of carbonyl (C=O) groups excluding carboxylic acids is 1. The maximum atomic E-state index is 12.1. The van der Waals surface area contributed by atoms with Gasteiger partial charge in [-0.1, -0.05) is 29.8 Å². The number of piperazine rings is 1. The van der Waals surface area contributed by atoms with Gasteiger partial charge in [0.05, 0.1) is 21.6 Å². The molecule has 4 heterocycles. The molecule has 1 aromatic carbocycles. The highest BCUT2D eigenvalue weighted by molar-refractivity contribution is 6.44. The van der Waals surface area contributed by atoms with Gasteiger partial charge in [-0.05, 0) is 64.0 Å². The van der Waals surface area contributed by atoms with Crippen LogP contribution in [-0.4, -0.2) is 89.2 Å². The highest BCUT2D eigenvalue weighted by atomic mass is 35.5. The minimum absolute atomic E-state index is 0.00645. The Bertz CT molecular complexity index is 1460. The van der Waals surface area contributed by atoms with E-state index in [4.69, 9.17) is 44.2 Å². The van der Waals surface area contributed by atoms with Crippen LogP contribution in [0.5, 0.6) is 0 Å². The lowest BCUT2D eigenvalue weighted by molar-refractivity contribution is -0.149. The molecule has 5 fully saturated rings. The summed E-state index contributed by atoms with van der Waals surface area (Å²) in [6.45, 7) is 11.9. The van der Waals surface area contributed by atoms with E-state index in [0.29, 0.717) is 32.9 Å². The van der Waals surface area contributed by atoms with E-state index in [-0.39, 0.29) is 22.9 Å². The van der Waals surface area contributed by atoms with Gasteiger partial charge in [0, 0.05) is 91.7 Å². The SMILES string of the molecule is C=CC(=O)N1CC2(CC(n3nc(N4CCN(C5CCOCC5)CC45CCC5)c(-c4c(Cl)c(Cl)cc(N)c4C=N)c3C)C2)C1. The number of likely N-dealkylation sites (tertiary alicyclic amines) is 1. The molecule has 11 heteroatoms. The number of halogens is 2. The topological polar surface area (TPSA) is 104 Å². The first kappa shape index (κ1) is 29.1. The van der Waals surface area contributed by atoms with E-state index >= 15 is 0 Å². The number of hydrogen-bond acceptors (Lipinski definition) is 7. The molecule has 9 nitrogen and oxygen atoms in total. The maximum Gasteiger partial charge on any atom is 0.245 e. The summed E-state index contributed by atoms with van der Waals surface area (Å²) < 4.78 is 7.86. The predicted molar refractivity (Wildman–Crippen MR) is 172 cm³/mol. The summed E-state index contributed by atoms with van der Waals surface area (Å²) >= 11 is 13.6. The highest BCUT2D eigenvalue weighted by Gasteiger charge is 2.55. The van der Waals surface area contributed by atoms with Crippen LogP contribution < -0.4 is 10.6 Å². The molecule has 43 heavy (non-hydrogen) atoms. The van der Waals surface area contributed by atoms with Crippen LogP contribution in [0, 0.1) is 17.7 Å². The number of benzene rings is 1. The summed E-state index contributed by atoms with van der Waals surface area (Å²) in [6.07, 6.45) is 10.3. The van der Waals surface area contributed by atoms with Gasteiger partial charge in [0.25, 0.3) is 0 Å². The summed E-state index contributed by atoms with van der Waals surface area (Å²) in [5.41, 5.74) is 10.3. The Labute approximate surface area is 263 Å². The van der Waals surface area contributed by atoms with Crippen molar-refractivity contribution in [2.75, 3.05) is 56.6 Å². The second kappa shape index (κ2) is 10.8. The van der Waals surface area contributed by atoms with Gasteiger partial charge in [0.2, 0.25) is 5.91 Å². The Morgan fingerprint density at radius 2 is 1.86 bits per heavy atom. The molecule has 1 aromatic heterocycles. The molecule has 0 bridgehead atoms. The van der Waals surface area contributed by atoms with Crippen LogP contribution in [0.25, 0.3) is 11.1 Å². The molecule has 5 aliphatic rings. The number of aromatic nitrogens is 2. The van der Waals surface area contributed by atoms with Crippen LogP contribution in [0.3, 0.4) is 0 Å². The fourth-order valence-electron chi connectivity index (χ4n) is 8.53. The van der Waals surface area contributed by atoms with E-state index in [0.717, 1.165) is 102 Å². The normalized spacial score (nSPS) is 23.6. The number of nitrogens with two attached hydrogens (primary N) is 1. The molecule has 2 aliphatic carbocycles. The number of anilines is 2. The number of carbonyl (C=O) groups is 1. The van der Waals surface area contributed by atoms with E-state index in [1.807, 2.05) is 4.90 Å². The third-order valence-electron chi connectivity index (χ3n) is 11.0. The molecule has 1 amide bonds. The van der Waals surface area contributed by atoms with Crippen molar-refractivity contribution >= 4 is 46.8 Å². The number of nitrogen functional groups attached to an aromatic ring is 1. The molecule has 3 saturated heterocycles. The van der Waals surface area contributed by atoms with Gasteiger partial charge in [0.1, 0.15) is 0 Å². The minimum atomic E-state index is 0.00645. The van der Waals surface area contributed by atoms with Gasteiger partial charge in [-0.15, -0.1) is 0 Å². The lowest BCUT2D eigenvalue weighted by Gasteiger charge is -2.59. The molecule has 3 N–H and O–H groups in total. The van der Waals surface area contributed by atoms with Gasteiger partial charge in [-0.3, -0.25) is 14.4 Å². The first-order valence-electron chi connectivity index (χ1n) is 15.6. The van der Waals surface area contributed by atoms with Crippen molar-refractivity contribution in [3.63, 3.8) is 0 Å². The first-order chi connectivity index (χ1) is 20.7. The fraction of sp³-hybridized carbons (Fsp3) is 0.594. The zero-order valence-corrected chi connectivity index (χ0v) is 26.4. The average Bonchev–Trinajstić information content (AvgIpc) is 3.28. The third kappa shape index (κ3) is 4.61. The van der Waals surface area contributed by atoms with Crippen LogP contribution in [0.15, 0.2) is 18.7 Å². The lowest BCUT2D eigenvalue weighted by Crippen LogP contribution is -2.67. The Morgan fingerprint density at radius 3 is 2.49 bits per heavy atom. The van der Waals surface area contributed by atoms with Crippen molar-refractivity contribution in [2.24, 2.45) is 5.41 Å². The van der Waals surface area contributed by atoms with Gasteiger partial charge < -0.3 is 25.7 Å². The molecule has 0 atom stereocenters. The third-order valence-corrected chi connectivity index (χ3v) is 11.8. The number of amides is 1. The van der Waals surface area contributed by atoms with Crippen LogP contribution in [0.4, 0.5) is 11.5 Å². The Kier molecular flexibility index (Phi) is 7.31. The van der Waals surface area contributed by atoms with Crippen molar-refractivity contribution in [1.29, 1.82) is 5.41 Å². The predicted octanol–water partition coefficient (Wildman–Crippen LogP) is 5.32. The Morgan fingerprint density at radius 1 is 1.14 bits per heavy atom. The Balaban J connectivity index is 1.27. The zero-order valence-electron chi connectivity index (χ0n) is 24.9. The standard InChI is InChI=1S/C32H41Cl2N7O2/c1-3-26(42)39-17-31(18-39)14-22(15-31)41-20(2)27(28-23(16-35)25(36)13-24(33)29(28)34)30(37-41)40-10-9-38(19-32(40)7-4-8-32)21-5-11-43-12-6-21/h3,13,16,21-22,35H,1,4-12,14-15,17-19,36H2,2H3. The number of rotatable bonds is 6. The molecule has 2 saturated carbocycles. The van der Waals surface area contributed by atoms with Crippen molar-refractivity contribution in [3.05, 3.63) is 40.0 Å². The van der Waals surface area contributed by atoms with E-state index in [1.54, 1.807) is 6.07 Å². The van der Waals surface area contributed by atoms with Gasteiger partial charge in [-0.25, -0.2) is 0 Å². The largest absolute Gasteiger partial charge is 0.398 e. The Hall–Kier alpha value is -2.59. The zero-order chi connectivity index (χ0) is 30.1. The first-order valence-corrected chi connectivity index (χ1v) is 16.3. The summed E-state index contributed by atoms with van der Waals surface area (Å²) in [5, 5.41) is 14.5. The molecule has 0 radical (unpaired) electrons. The average molecular weight is 627 g/mol. The van der Waals surface area contributed by atoms with Crippen LogP contribution in [0.2, 0.25) is 10.0 Å². The van der Waals surface area contributed by atoms with Gasteiger partial charge in [0.15, 0.2) is 5.82 Å². The molecule has 230 valence electrons. The summed E-state index contributed by atoms with van der Waals surface area (Å²) in [5.74, 6) is 0.931.